The first kappa shape index (κ1) is 14.7. The van der Waals surface area contributed by atoms with Crippen molar-refractivity contribution >= 4 is 5.97 Å². The summed E-state index contributed by atoms with van der Waals surface area (Å²) in [5, 5.41) is 3.34. The van der Waals surface area contributed by atoms with E-state index in [4.69, 9.17) is 4.74 Å². The summed E-state index contributed by atoms with van der Waals surface area (Å²) in [5.74, 6) is -0.161. The molecule has 0 heterocycles. The molecule has 18 heavy (non-hydrogen) atoms. The highest BCUT2D eigenvalue weighted by Gasteiger charge is 2.14. The molecule has 100 valence electrons. The van der Waals surface area contributed by atoms with Crippen LogP contribution in [0.4, 0.5) is 0 Å². The first-order chi connectivity index (χ1) is 8.56. The van der Waals surface area contributed by atoms with Gasteiger partial charge < -0.3 is 10.1 Å². The van der Waals surface area contributed by atoms with Gasteiger partial charge in [-0.2, -0.15) is 0 Å². The van der Waals surface area contributed by atoms with Crippen molar-refractivity contribution in [1.29, 1.82) is 0 Å². The number of carbonyl (C=O) groups is 1. The zero-order chi connectivity index (χ0) is 13.5. The third-order valence-corrected chi connectivity index (χ3v) is 3.10. The van der Waals surface area contributed by atoms with E-state index in [1.807, 2.05) is 6.92 Å². The average molecular weight is 249 g/mol. The van der Waals surface area contributed by atoms with Crippen LogP contribution in [0.15, 0.2) is 18.2 Å². The number of ether oxygens (including phenoxy) is 1. The third kappa shape index (κ3) is 4.49. The number of aryl methyl sites for hydroxylation is 2. The van der Waals surface area contributed by atoms with Gasteiger partial charge in [0.05, 0.1) is 13.5 Å². The van der Waals surface area contributed by atoms with Crippen LogP contribution in [-0.4, -0.2) is 25.7 Å². The molecule has 0 saturated heterocycles. The normalized spacial score (nSPS) is 12.2. The molecule has 1 atom stereocenters. The second-order valence-corrected chi connectivity index (χ2v) is 4.67. The average Bonchev–Trinajstić information content (AvgIpc) is 2.32. The van der Waals surface area contributed by atoms with Gasteiger partial charge in [0.1, 0.15) is 0 Å². The molecule has 0 fully saturated rings. The summed E-state index contributed by atoms with van der Waals surface area (Å²) in [4.78, 5) is 11.4. The smallest absolute Gasteiger partial charge is 0.307 e. The molecule has 3 heteroatoms. The molecule has 0 aliphatic rings. The number of likely N-dealkylation sites (N-methyl/N-ethyl adjacent to an activating group) is 1. The Morgan fingerprint density at radius 1 is 1.39 bits per heavy atom. The van der Waals surface area contributed by atoms with E-state index in [-0.39, 0.29) is 12.0 Å². The van der Waals surface area contributed by atoms with Gasteiger partial charge >= 0.3 is 5.97 Å². The van der Waals surface area contributed by atoms with Crippen molar-refractivity contribution in [3.8, 4) is 0 Å². The first-order valence-corrected chi connectivity index (χ1v) is 6.43. The van der Waals surface area contributed by atoms with Crippen LogP contribution >= 0.6 is 0 Å². The Kier molecular flexibility index (Phi) is 5.86. The highest BCUT2D eigenvalue weighted by molar-refractivity contribution is 5.70. The molecule has 0 spiro atoms. The molecular formula is C15H23NO2. The van der Waals surface area contributed by atoms with Gasteiger partial charge in [-0.05, 0) is 37.9 Å². The monoisotopic (exact) mass is 249 g/mol. The molecule has 3 nitrogen and oxygen atoms in total. The van der Waals surface area contributed by atoms with Gasteiger partial charge in [-0.25, -0.2) is 0 Å². The zero-order valence-corrected chi connectivity index (χ0v) is 11.7. The van der Waals surface area contributed by atoms with Crippen LogP contribution in [0.1, 0.15) is 30.0 Å². The number of carbonyl (C=O) groups excluding carboxylic acids is 1. The number of nitrogens with one attached hydrogen (secondary N) is 1. The van der Waals surface area contributed by atoms with Gasteiger partial charge in [0.25, 0.3) is 0 Å². The fourth-order valence-electron chi connectivity index (χ4n) is 2.13. The number of hydrogen-bond acceptors (Lipinski definition) is 3. The van der Waals surface area contributed by atoms with E-state index >= 15 is 0 Å². The Bertz CT molecular complexity index is 401. The molecule has 1 rings (SSSR count). The number of hydrogen-bond donors (Lipinski definition) is 1. The van der Waals surface area contributed by atoms with Gasteiger partial charge in [-0.1, -0.05) is 30.7 Å². The van der Waals surface area contributed by atoms with E-state index < -0.39 is 0 Å². The molecule has 0 amide bonds. The summed E-state index contributed by atoms with van der Waals surface area (Å²) in [6.07, 6.45) is 1.27. The second kappa shape index (κ2) is 7.17. The summed E-state index contributed by atoms with van der Waals surface area (Å²) < 4.78 is 4.74. The molecule has 0 saturated carbocycles. The van der Waals surface area contributed by atoms with Gasteiger partial charge in [0, 0.05) is 6.04 Å². The quantitative estimate of drug-likeness (QED) is 0.787. The summed E-state index contributed by atoms with van der Waals surface area (Å²) in [6, 6.07) is 6.58. The van der Waals surface area contributed by atoms with Crippen LogP contribution in [0, 0.1) is 13.8 Å². The van der Waals surface area contributed by atoms with E-state index in [9.17, 15) is 4.79 Å². The van der Waals surface area contributed by atoms with Crippen LogP contribution in [0.25, 0.3) is 0 Å². The molecular weight excluding hydrogens is 226 g/mol. The molecule has 1 aromatic rings. The van der Waals surface area contributed by atoms with Crippen LogP contribution in [0.2, 0.25) is 0 Å². The maximum Gasteiger partial charge on any atom is 0.307 e. The molecule has 0 aliphatic heterocycles. The van der Waals surface area contributed by atoms with Gasteiger partial charge in [0.15, 0.2) is 0 Å². The lowest BCUT2D eigenvalue weighted by atomic mass is 9.97. The predicted molar refractivity (Wildman–Crippen MR) is 73.7 cm³/mol. The molecule has 1 unspecified atom stereocenters. The van der Waals surface area contributed by atoms with Gasteiger partial charge in [0.2, 0.25) is 0 Å². The van der Waals surface area contributed by atoms with Crippen LogP contribution in [0.3, 0.4) is 0 Å². The van der Waals surface area contributed by atoms with Crippen LogP contribution in [-0.2, 0) is 16.0 Å². The summed E-state index contributed by atoms with van der Waals surface area (Å²) in [6.45, 7) is 7.11. The van der Waals surface area contributed by atoms with Gasteiger partial charge in [-0.15, -0.1) is 0 Å². The van der Waals surface area contributed by atoms with E-state index in [1.54, 1.807) is 0 Å². The fraction of sp³-hybridized carbons (Fsp3) is 0.533. The second-order valence-electron chi connectivity index (χ2n) is 4.67. The van der Waals surface area contributed by atoms with Crippen LogP contribution < -0.4 is 5.32 Å². The molecule has 0 aliphatic carbocycles. The zero-order valence-electron chi connectivity index (χ0n) is 11.7. The number of benzene rings is 1. The SMILES string of the molecule is CCNC(CC(=O)OC)Cc1ccc(C)cc1C. The lowest BCUT2D eigenvalue weighted by Gasteiger charge is -2.18. The third-order valence-electron chi connectivity index (χ3n) is 3.10. The van der Waals surface area contributed by atoms with E-state index in [0.717, 1.165) is 13.0 Å². The summed E-state index contributed by atoms with van der Waals surface area (Å²) in [7, 11) is 1.43. The summed E-state index contributed by atoms with van der Waals surface area (Å²) in [5.41, 5.74) is 3.84. The van der Waals surface area contributed by atoms with E-state index in [2.05, 4.69) is 37.4 Å². The maximum atomic E-state index is 11.4. The minimum atomic E-state index is -0.161. The van der Waals surface area contributed by atoms with Crippen molar-refractivity contribution in [1.82, 2.24) is 5.32 Å². The van der Waals surface area contributed by atoms with Crippen molar-refractivity contribution in [3.05, 3.63) is 34.9 Å². The minimum Gasteiger partial charge on any atom is -0.469 e. The number of rotatable bonds is 6. The molecule has 1 N–H and O–H groups in total. The predicted octanol–water partition coefficient (Wildman–Crippen LogP) is 2.39. The standard InChI is InChI=1S/C15H23NO2/c1-5-16-14(10-15(17)18-4)9-13-7-6-11(2)8-12(13)3/h6-8,14,16H,5,9-10H2,1-4H3. The van der Waals surface area contributed by atoms with Crippen LogP contribution in [0.5, 0.6) is 0 Å². The minimum absolute atomic E-state index is 0.142. The molecule has 1 aromatic carbocycles. The fourth-order valence-corrected chi connectivity index (χ4v) is 2.13. The number of esters is 1. The Morgan fingerprint density at radius 2 is 2.11 bits per heavy atom. The topological polar surface area (TPSA) is 38.3 Å². The summed E-state index contributed by atoms with van der Waals surface area (Å²) >= 11 is 0. The first-order valence-electron chi connectivity index (χ1n) is 6.43. The lowest BCUT2D eigenvalue weighted by molar-refractivity contribution is -0.141. The van der Waals surface area contributed by atoms with Crippen molar-refractivity contribution < 1.29 is 9.53 Å². The highest BCUT2D eigenvalue weighted by atomic mass is 16.5. The highest BCUT2D eigenvalue weighted by Crippen LogP contribution is 2.14. The Balaban J connectivity index is 2.72. The Hall–Kier alpha value is -1.35. The van der Waals surface area contributed by atoms with Crippen molar-refractivity contribution in [2.45, 2.75) is 39.7 Å². The Labute approximate surface area is 110 Å². The van der Waals surface area contributed by atoms with E-state index in [1.165, 1.54) is 23.8 Å². The Morgan fingerprint density at radius 3 is 2.67 bits per heavy atom. The maximum absolute atomic E-state index is 11.4. The molecule has 0 radical (unpaired) electrons. The molecule has 0 bridgehead atoms. The van der Waals surface area contributed by atoms with E-state index in [0.29, 0.717) is 6.42 Å². The van der Waals surface area contributed by atoms with Crippen molar-refractivity contribution in [2.24, 2.45) is 0 Å². The van der Waals surface area contributed by atoms with Crippen molar-refractivity contribution in [3.63, 3.8) is 0 Å². The lowest BCUT2D eigenvalue weighted by Crippen LogP contribution is -2.33. The molecule has 0 aromatic heterocycles. The number of methoxy groups -OCH3 is 1. The van der Waals surface area contributed by atoms with Gasteiger partial charge in [-0.3, -0.25) is 4.79 Å². The van der Waals surface area contributed by atoms with Crippen molar-refractivity contribution in [2.75, 3.05) is 13.7 Å². The largest absolute Gasteiger partial charge is 0.469 e.